The summed E-state index contributed by atoms with van der Waals surface area (Å²) in [5.74, 6) is -5.58. The number of nitrogens with zero attached hydrogens (tertiary/aromatic N) is 1. The number of anilines is 2. The first-order valence-corrected chi connectivity index (χ1v) is 8.57. The van der Waals surface area contributed by atoms with E-state index in [1.165, 1.54) is 4.90 Å². The highest BCUT2D eigenvalue weighted by atomic mass is 19.2. The van der Waals surface area contributed by atoms with Gasteiger partial charge in [0.15, 0.2) is 23.3 Å². The van der Waals surface area contributed by atoms with E-state index in [-0.39, 0.29) is 31.8 Å². The SMILES string of the molecule is CC1CN(c2c(F)c(F)c(NCCCCCN)c(F)c2F)C[C@@H](C)O1. The number of halogens is 4. The molecule has 1 unspecified atom stereocenters. The molecule has 0 saturated carbocycles. The Morgan fingerprint density at radius 2 is 1.52 bits per heavy atom. The van der Waals surface area contributed by atoms with Gasteiger partial charge in [-0.15, -0.1) is 0 Å². The molecule has 25 heavy (non-hydrogen) atoms. The minimum Gasteiger partial charge on any atom is -0.380 e. The average Bonchev–Trinajstić information content (AvgIpc) is 2.55. The molecule has 0 aromatic heterocycles. The lowest BCUT2D eigenvalue weighted by molar-refractivity contribution is -0.00565. The Balaban J connectivity index is 2.23. The molecule has 1 fully saturated rings. The number of benzene rings is 1. The Kier molecular flexibility index (Phi) is 6.89. The lowest BCUT2D eigenvalue weighted by Gasteiger charge is -2.37. The van der Waals surface area contributed by atoms with E-state index in [0.29, 0.717) is 13.0 Å². The standard InChI is InChI=1S/C17H25F4N3O/c1-10-8-24(9-11(2)25-10)17-14(20)12(18)16(13(19)15(17)21)23-7-5-3-4-6-22/h10-11,23H,3-9,22H2,1-2H3/t10-,11?/m1/s1. The van der Waals surface area contributed by atoms with E-state index in [4.69, 9.17) is 10.5 Å². The van der Waals surface area contributed by atoms with Crippen LogP contribution in [0.2, 0.25) is 0 Å². The van der Waals surface area contributed by atoms with Crippen molar-refractivity contribution in [3.05, 3.63) is 23.3 Å². The molecule has 0 aliphatic carbocycles. The Morgan fingerprint density at radius 1 is 0.960 bits per heavy atom. The van der Waals surface area contributed by atoms with Gasteiger partial charge in [-0.1, -0.05) is 6.42 Å². The minimum absolute atomic E-state index is 0.156. The fourth-order valence-corrected chi connectivity index (χ4v) is 3.07. The molecule has 0 amide bonds. The van der Waals surface area contributed by atoms with Crippen LogP contribution in [-0.2, 0) is 4.74 Å². The third kappa shape index (κ3) is 4.55. The second-order valence-corrected chi connectivity index (χ2v) is 6.42. The van der Waals surface area contributed by atoms with Gasteiger partial charge in [0.25, 0.3) is 0 Å². The second kappa shape index (κ2) is 8.71. The van der Waals surface area contributed by atoms with Crippen LogP contribution < -0.4 is 16.0 Å². The highest BCUT2D eigenvalue weighted by molar-refractivity contribution is 5.60. The monoisotopic (exact) mass is 363 g/mol. The molecule has 1 aromatic carbocycles. The summed E-state index contributed by atoms with van der Waals surface area (Å²) in [6.45, 7) is 4.52. The molecule has 1 aliphatic rings. The zero-order chi connectivity index (χ0) is 18.6. The first kappa shape index (κ1) is 19.8. The number of morpholine rings is 1. The first-order valence-electron chi connectivity index (χ1n) is 8.57. The number of nitrogens with two attached hydrogens (primary N) is 1. The number of unbranched alkanes of at least 4 members (excludes halogenated alkanes) is 2. The van der Waals surface area contributed by atoms with Crippen LogP contribution in [0.1, 0.15) is 33.1 Å². The average molecular weight is 363 g/mol. The molecule has 1 saturated heterocycles. The van der Waals surface area contributed by atoms with Gasteiger partial charge in [0.05, 0.1) is 12.2 Å². The number of hydrogen-bond donors (Lipinski definition) is 2. The maximum absolute atomic E-state index is 14.5. The Labute approximate surface area is 145 Å². The van der Waals surface area contributed by atoms with Crippen molar-refractivity contribution in [1.29, 1.82) is 0 Å². The van der Waals surface area contributed by atoms with Crippen LogP contribution in [0.3, 0.4) is 0 Å². The Bertz CT molecular complexity index is 561. The summed E-state index contributed by atoms with van der Waals surface area (Å²) in [7, 11) is 0. The largest absolute Gasteiger partial charge is 0.380 e. The smallest absolute Gasteiger partial charge is 0.187 e. The molecular formula is C17H25F4N3O. The highest BCUT2D eigenvalue weighted by Crippen LogP contribution is 2.35. The Morgan fingerprint density at radius 3 is 2.04 bits per heavy atom. The molecule has 1 aliphatic heterocycles. The van der Waals surface area contributed by atoms with Gasteiger partial charge in [-0.2, -0.15) is 0 Å². The van der Waals surface area contributed by atoms with Crippen LogP contribution >= 0.6 is 0 Å². The lowest BCUT2D eigenvalue weighted by atomic mass is 10.1. The van der Waals surface area contributed by atoms with E-state index in [2.05, 4.69) is 5.32 Å². The van der Waals surface area contributed by atoms with Crippen LogP contribution in [-0.4, -0.2) is 38.4 Å². The van der Waals surface area contributed by atoms with Crippen LogP contribution in [0.5, 0.6) is 0 Å². The molecule has 142 valence electrons. The summed E-state index contributed by atoms with van der Waals surface area (Å²) in [6.07, 6.45) is 1.55. The predicted octanol–water partition coefficient (Wildman–Crippen LogP) is 3.40. The summed E-state index contributed by atoms with van der Waals surface area (Å²) < 4.78 is 63.0. The summed E-state index contributed by atoms with van der Waals surface area (Å²) in [5, 5.41) is 2.46. The van der Waals surface area contributed by atoms with E-state index in [0.717, 1.165) is 12.8 Å². The fraction of sp³-hybridized carbons (Fsp3) is 0.647. The van der Waals surface area contributed by atoms with Crippen molar-refractivity contribution in [3.63, 3.8) is 0 Å². The number of nitrogens with one attached hydrogen (secondary N) is 1. The quantitative estimate of drug-likeness (QED) is 0.443. The van der Waals surface area contributed by atoms with Gasteiger partial charge in [0, 0.05) is 19.6 Å². The zero-order valence-corrected chi connectivity index (χ0v) is 14.5. The van der Waals surface area contributed by atoms with Gasteiger partial charge in [-0.25, -0.2) is 17.6 Å². The van der Waals surface area contributed by atoms with Gasteiger partial charge < -0.3 is 20.7 Å². The normalized spacial score (nSPS) is 20.8. The van der Waals surface area contributed by atoms with Crippen LogP contribution in [0.25, 0.3) is 0 Å². The van der Waals surface area contributed by atoms with Crippen LogP contribution in [0.4, 0.5) is 28.9 Å². The van der Waals surface area contributed by atoms with Crippen molar-refractivity contribution >= 4 is 11.4 Å². The number of rotatable bonds is 7. The summed E-state index contributed by atoms with van der Waals surface area (Å²) in [5.41, 5.74) is 3.93. The van der Waals surface area contributed by atoms with Crippen LogP contribution in [0.15, 0.2) is 0 Å². The van der Waals surface area contributed by atoms with Crippen molar-refractivity contribution < 1.29 is 22.3 Å². The Hall–Kier alpha value is -1.54. The van der Waals surface area contributed by atoms with E-state index >= 15 is 0 Å². The van der Waals surface area contributed by atoms with E-state index < -0.39 is 34.6 Å². The van der Waals surface area contributed by atoms with Gasteiger partial charge in [-0.05, 0) is 33.2 Å². The molecule has 2 rings (SSSR count). The minimum atomic E-state index is -1.40. The summed E-state index contributed by atoms with van der Waals surface area (Å²) in [4.78, 5) is 1.29. The highest BCUT2D eigenvalue weighted by Gasteiger charge is 2.32. The maximum atomic E-state index is 14.5. The van der Waals surface area contributed by atoms with E-state index in [1.54, 1.807) is 13.8 Å². The first-order chi connectivity index (χ1) is 11.9. The van der Waals surface area contributed by atoms with Crippen LogP contribution in [0, 0.1) is 23.3 Å². The number of ether oxygens (including phenoxy) is 1. The molecule has 0 spiro atoms. The summed E-state index contributed by atoms with van der Waals surface area (Å²) in [6, 6.07) is 0. The molecule has 8 heteroatoms. The molecular weight excluding hydrogens is 338 g/mol. The molecule has 1 heterocycles. The van der Waals surface area contributed by atoms with E-state index in [9.17, 15) is 17.6 Å². The van der Waals surface area contributed by atoms with Crippen molar-refractivity contribution in [2.24, 2.45) is 5.73 Å². The predicted molar refractivity (Wildman–Crippen MR) is 89.9 cm³/mol. The van der Waals surface area contributed by atoms with Gasteiger partial charge in [0.2, 0.25) is 0 Å². The van der Waals surface area contributed by atoms with Crippen molar-refractivity contribution in [3.8, 4) is 0 Å². The van der Waals surface area contributed by atoms with Gasteiger partial charge >= 0.3 is 0 Å². The molecule has 3 N–H and O–H groups in total. The third-order valence-corrected chi connectivity index (χ3v) is 4.16. The summed E-state index contributed by atoms with van der Waals surface area (Å²) >= 11 is 0. The molecule has 1 aromatic rings. The topological polar surface area (TPSA) is 50.5 Å². The van der Waals surface area contributed by atoms with Crippen molar-refractivity contribution in [1.82, 2.24) is 0 Å². The van der Waals surface area contributed by atoms with Gasteiger partial charge in [-0.3, -0.25) is 0 Å². The molecule has 0 bridgehead atoms. The second-order valence-electron chi connectivity index (χ2n) is 6.42. The van der Waals surface area contributed by atoms with Crippen molar-refractivity contribution in [2.45, 2.75) is 45.3 Å². The molecule has 2 atom stereocenters. The molecule has 4 nitrogen and oxygen atoms in total. The number of hydrogen-bond acceptors (Lipinski definition) is 4. The van der Waals surface area contributed by atoms with Gasteiger partial charge in [0.1, 0.15) is 11.4 Å². The third-order valence-electron chi connectivity index (χ3n) is 4.16. The maximum Gasteiger partial charge on any atom is 0.187 e. The van der Waals surface area contributed by atoms with Crippen molar-refractivity contribution in [2.75, 3.05) is 36.4 Å². The lowest BCUT2D eigenvalue weighted by Crippen LogP contribution is -2.46. The molecule has 0 radical (unpaired) electrons. The van der Waals surface area contributed by atoms with E-state index in [1.807, 2.05) is 0 Å². The fourth-order valence-electron chi connectivity index (χ4n) is 3.07. The zero-order valence-electron chi connectivity index (χ0n) is 14.5.